The van der Waals surface area contributed by atoms with Crippen molar-refractivity contribution in [2.24, 2.45) is 0 Å². The number of aliphatic hydroxyl groups is 1. The van der Waals surface area contributed by atoms with E-state index in [0.29, 0.717) is 12.2 Å². The fourth-order valence-corrected chi connectivity index (χ4v) is 3.43. The molecule has 0 fully saturated rings. The number of carbonyl (C=O) groups is 1. The molecule has 0 aromatic carbocycles. The molecule has 0 aliphatic carbocycles. The van der Waals surface area contributed by atoms with E-state index in [-0.39, 0.29) is 0 Å². The van der Waals surface area contributed by atoms with Crippen molar-refractivity contribution >= 4 is 5.97 Å². The van der Waals surface area contributed by atoms with Crippen LogP contribution in [-0.4, -0.2) is 16.2 Å². The standard InChI is InChI=1S/C23H44O3/c1-22(24)20-18-16-14-12-10-8-6-4-2-3-5-7-9-11-13-15-17-19-21-23(25)26/h24H,1-21H2,(H,25,26). The lowest BCUT2D eigenvalue weighted by Gasteiger charge is -2.04. The number of aliphatic hydroxyl groups excluding tert-OH is 1. The van der Waals surface area contributed by atoms with E-state index in [1.165, 1.54) is 96.3 Å². The highest BCUT2D eigenvalue weighted by molar-refractivity contribution is 5.66. The van der Waals surface area contributed by atoms with E-state index in [1.807, 2.05) is 0 Å². The van der Waals surface area contributed by atoms with Crippen molar-refractivity contribution in [3.05, 3.63) is 12.3 Å². The van der Waals surface area contributed by atoms with Crippen LogP contribution in [0.4, 0.5) is 0 Å². The lowest BCUT2D eigenvalue weighted by molar-refractivity contribution is -0.137. The Morgan fingerprint density at radius 1 is 0.462 bits per heavy atom. The summed E-state index contributed by atoms with van der Waals surface area (Å²) in [6, 6.07) is 0. The number of rotatable bonds is 21. The number of hydrogen-bond acceptors (Lipinski definition) is 2. The predicted octanol–water partition coefficient (Wildman–Crippen LogP) is 7.94. The van der Waals surface area contributed by atoms with Crippen LogP contribution in [0.2, 0.25) is 0 Å². The van der Waals surface area contributed by atoms with Crippen LogP contribution in [0.1, 0.15) is 128 Å². The van der Waals surface area contributed by atoms with Gasteiger partial charge in [0.05, 0.1) is 5.76 Å². The molecule has 2 N–H and O–H groups in total. The van der Waals surface area contributed by atoms with Gasteiger partial charge in [0.1, 0.15) is 0 Å². The van der Waals surface area contributed by atoms with Crippen LogP contribution in [0, 0.1) is 0 Å². The topological polar surface area (TPSA) is 57.5 Å². The Morgan fingerprint density at radius 2 is 0.692 bits per heavy atom. The average Bonchev–Trinajstić information content (AvgIpc) is 2.59. The Labute approximate surface area is 162 Å². The summed E-state index contributed by atoms with van der Waals surface area (Å²) in [5, 5.41) is 17.6. The molecule has 0 aliphatic heterocycles. The van der Waals surface area contributed by atoms with E-state index in [1.54, 1.807) is 0 Å². The van der Waals surface area contributed by atoms with Gasteiger partial charge < -0.3 is 10.2 Å². The van der Waals surface area contributed by atoms with Gasteiger partial charge in [0.2, 0.25) is 0 Å². The third-order valence-electron chi connectivity index (χ3n) is 5.11. The molecule has 0 amide bonds. The van der Waals surface area contributed by atoms with Crippen LogP contribution >= 0.6 is 0 Å². The third-order valence-corrected chi connectivity index (χ3v) is 5.11. The molecular weight excluding hydrogens is 324 g/mol. The zero-order valence-corrected chi connectivity index (χ0v) is 17.2. The summed E-state index contributed by atoms with van der Waals surface area (Å²) in [5.74, 6) is -0.330. The Morgan fingerprint density at radius 3 is 0.923 bits per heavy atom. The lowest BCUT2D eigenvalue weighted by atomic mass is 10.0. The van der Waals surface area contributed by atoms with Gasteiger partial charge in [-0.15, -0.1) is 0 Å². The van der Waals surface area contributed by atoms with Crippen LogP contribution in [0.5, 0.6) is 0 Å². The zero-order chi connectivity index (χ0) is 19.3. The quantitative estimate of drug-likeness (QED) is 0.160. The van der Waals surface area contributed by atoms with Crippen molar-refractivity contribution in [1.29, 1.82) is 0 Å². The van der Waals surface area contributed by atoms with E-state index >= 15 is 0 Å². The first-order valence-corrected chi connectivity index (χ1v) is 11.2. The first kappa shape index (κ1) is 25.0. The number of hydrogen-bond donors (Lipinski definition) is 2. The molecular formula is C23H44O3. The summed E-state index contributed by atoms with van der Waals surface area (Å²) in [5.41, 5.74) is 0. The van der Waals surface area contributed by atoms with E-state index in [9.17, 15) is 4.79 Å². The monoisotopic (exact) mass is 368 g/mol. The third kappa shape index (κ3) is 23.0. The molecule has 154 valence electrons. The van der Waals surface area contributed by atoms with Gasteiger partial charge >= 0.3 is 5.97 Å². The second-order valence-electron chi connectivity index (χ2n) is 7.82. The van der Waals surface area contributed by atoms with Gasteiger partial charge in [-0.1, -0.05) is 109 Å². The highest BCUT2D eigenvalue weighted by Gasteiger charge is 1.97. The van der Waals surface area contributed by atoms with E-state index in [2.05, 4.69) is 6.58 Å². The SMILES string of the molecule is C=C(O)CCCCCCCCCCCCCCCCCCCCC(=O)O. The first-order chi connectivity index (χ1) is 12.6. The summed E-state index contributed by atoms with van der Waals surface area (Å²) in [7, 11) is 0. The Hall–Kier alpha value is -0.990. The minimum atomic E-state index is -0.661. The molecule has 3 nitrogen and oxygen atoms in total. The van der Waals surface area contributed by atoms with Crippen molar-refractivity contribution in [3.63, 3.8) is 0 Å². The number of aliphatic carboxylic acids is 1. The molecule has 0 saturated carbocycles. The van der Waals surface area contributed by atoms with Crippen molar-refractivity contribution in [2.75, 3.05) is 0 Å². The van der Waals surface area contributed by atoms with Crippen LogP contribution < -0.4 is 0 Å². The summed E-state index contributed by atoms with van der Waals surface area (Å²) >= 11 is 0. The van der Waals surface area contributed by atoms with Gasteiger partial charge in [0.15, 0.2) is 0 Å². The molecule has 0 heterocycles. The van der Waals surface area contributed by atoms with Crippen LogP contribution in [0.25, 0.3) is 0 Å². The highest BCUT2D eigenvalue weighted by atomic mass is 16.4. The predicted molar refractivity (Wildman–Crippen MR) is 112 cm³/mol. The fraction of sp³-hybridized carbons (Fsp3) is 0.870. The molecule has 0 saturated heterocycles. The normalized spacial score (nSPS) is 10.9. The molecule has 26 heavy (non-hydrogen) atoms. The van der Waals surface area contributed by atoms with Crippen molar-refractivity contribution < 1.29 is 15.0 Å². The molecule has 0 spiro atoms. The Bertz CT molecular complexity index is 293. The van der Waals surface area contributed by atoms with Gasteiger partial charge in [-0.05, 0) is 12.8 Å². The molecule has 3 heteroatoms. The Balaban J connectivity index is 3.01. The summed E-state index contributed by atoms with van der Waals surface area (Å²) in [6.45, 7) is 3.52. The smallest absolute Gasteiger partial charge is 0.303 e. The summed E-state index contributed by atoms with van der Waals surface area (Å²) in [6.07, 6.45) is 24.2. The number of allylic oxidation sites excluding steroid dienone is 1. The van der Waals surface area contributed by atoms with Crippen LogP contribution in [0.3, 0.4) is 0 Å². The molecule has 0 aliphatic rings. The van der Waals surface area contributed by atoms with E-state index in [0.717, 1.165) is 25.7 Å². The van der Waals surface area contributed by atoms with Gasteiger partial charge in [0.25, 0.3) is 0 Å². The summed E-state index contributed by atoms with van der Waals surface area (Å²) in [4.78, 5) is 10.4. The van der Waals surface area contributed by atoms with E-state index < -0.39 is 5.97 Å². The minimum Gasteiger partial charge on any atom is -0.513 e. The van der Waals surface area contributed by atoms with Gasteiger partial charge in [-0.25, -0.2) is 0 Å². The highest BCUT2D eigenvalue weighted by Crippen LogP contribution is 2.15. The second-order valence-corrected chi connectivity index (χ2v) is 7.82. The maximum atomic E-state index is 10.4. The lowest BCUT2D eigenvalue weighted by Crippen LogP contribution is -1.93. The van der Waals surface area contributed by atoms with Crippen molar-refractivity contribution in [3.8, 4) is 0 Å². The first-order valence-electron chi connectivity index (χ1n) is 11.2. The Kier molecular flexibility index (Phi) is 19.5. The molecule has 0 atom stereocenters. The van der Waals surface area contributed by atoms with Gasteiger partial charge in [-0.3, -0.25) is 4.79 Å². The largest absolute Gasteiger partial charge is 0.513 e. The average molecular weight is 369 g/mol. The van der Waals surface area contributed by atoms with Crippen molar-refractivity contribution in [1.82, 2.24) is 0 Å². The zero-order valence-electron chi connectivity index (χ0n) is 17.2. The van der Waals surface area contributed by atoms with E-state index in [4.69, 9.17) is 10.2 Å². The minimum absolute atomic E-state index is 0.331. The summed E-state index contributed by atoms with van der Waals surface area (Å²) < 4.78 is 0. The van der Waals surface area contributed by atoms with Crippen LogP contribution in [0.15, 0.2) is 12.3 Å². The van der Waals surface area contributed by atoms with Gasteiger partial charge in [0, 0.05) is 12.8 Å². The second kappa shape index (κ2) is 20.3. The molecule has 0 aromatic heterocycles. The fourth-order valence-electron chi connectivity index (χ4n) is 3.43. The molecule has 0 radical (unpaired) electrons. The molecule has 0 bridgehead atoms. The molecule has 0 rings (SSSR count). The van der Waals surface area contributed by atoms with Crippen molar-refractivity contribution in [2.45, 2.75) is 128 Å². The molecule has 0 aromatic rings. The number of unbranched alkanes of at least 4 members (excludes halogenated alkanes) is 17. The van der Waals surface area contributed by atoms with Crippen LogP contribution in [-0.2, 0) is 4.79 Å². The van der Waals surface area contributed by atoms with Gasteiger partial charge in [-0.2, -0.15) is 0 Å². The molecule has 0 unspecified atom stereocenters. The number of carboxylic acids is 1. The maximum absolute atomic E-state index is 10.4. The number of carboxylic acid groups (broad SMARTS) is 1. The maximum Gasteiger partial charge on any atom is 0.303 e.